The summed E-state index contributed by atoms with van der Waals surface area (Å²) in [5.41, 5.74) is 7.60. The minimum absolute atomic E-state index is 0.0856. The summed E-state index contributed by atoms with van der Waals surface area (Å²) in [6, 6.07) is 11.0. The van der Waals surface area contributed by atoms with Gasteiger partial charge in [0.25, 0.3) is 5.91 Å². The smallest absolute Gasteiger partial charge is 0.255 e. The van der Waals surface area contributed by atoms with Gasteiger partial charge in [0, 0.05) is 29.6 Å². The summed E-state index contributed by atoms with van der Waals surface area (Å²) in [5.74, 6) is -0.530. The van der Waals surface area contributed by atoms with Crippen LogP contribution in [-0.4, -0.2) is 33.0 Å². The van der Waals surface area contributed by atoms with E-state index in [-0.39, 0.29) is 16.4 Å². The van der Waals surface area contributed by atoms with E-state index in [0.717, 1.165) is 11.8 Å². The molecule has 2 aromatic carbocycles. The molecule has 0 fully saturated rings. The summed E-state index contributed by atoms with van der Waals surface area (Å²) in [7, 11) is -3.39. The van der Waals surface area contributed by atoms with Crippen molar-refractivity contribution in [1.29, 1.82) is 0 Å². The van der Waals surface area contributed by atoms with Gasteiger partial charge < -0.3 is 16.4 Å². The highest BCUT2D eigenvalue weighted by molar-refractivity contribution is 7.90. The molecule has 0 aliphatic carbocycles. The lowest BCUT2D eigenvalue weighted by atomic mass is 10.1. The van der Waals surface area contributed by atoms with Crippen LogP contribution < -0.4 is 16.4 Å². The second-order valence-corrected chi connectivity index (χ2v) is 8.24. The first kappa shape index (κ1) is 20.6. The van der Waals surface area contributed by atoms with Gasteiger partial charge in [0.1, 0.15) is 0 Å². The van der Waals surface area contributed by atoms with Gasteiger partial charge in [0.05, 0.1) is 4.90 Å². The molecule has 0 aliphatic rings. The fraction of sp³-hybridized carbons (Fsp3) is 0.263. The summed E-state index contributed by atoms with van der Waals surface area (Å²) in [6.45, 7) is 2.26. The van der Waals surface area contributed by atoms with Crippen molar-refractivity contribution >= 4 is 33.0 Å². The van der Waals surface area contributed by atoms with E-state index in [9.17, 15) is 18.0 Å². The molecule has 0 unspecified atom stereocenters. The van der Waals surface area contributed by atoms with Crippen molar-refractivity contribution in [2.75, 3.05) is 23.4 Å². The predicted molar refractivity (Wildman–Crippen MR) is 106 cm³/mol. The third-order valence-corrected chi connectivity index (χ3v) is 5.00. The summed E-state index contributed by atoms with van der Waals surface area (Å²) < 4.78 is 23.3. The number of carbonyl (C=O) groups is 2. The molecule has 0 bridgehead atoms. The number of sulfone groups is 1. The number of benzene rings is 2. The zero-order valence-electron chi connectivity index (χ0n) is 15.3. The van der Waals surface area contributed by atoms with Gasteiger partial charge in [-0.05, 0) is 61.9 Å². The van der Waals surface area contributed by atoms with Crippen LogP contribution >= 0.6 is 0 Å². The van der Waals surface area contributed by atoms with Gasteiger partial charge in [0.2, 0.25) is 5.91 Å². The van der Waals surface area contributed by atoms with Crippen LogP contribution in [0.4, 0.5) is 11.4 Å². The molecule has 0 saturated heterocycles. The zero-order chi connectivity index (χ0) is 20.0. The van der Waals surface area contributed by atoms with Crippen molar-refractivity contribution in [2.45, 2.75) is 24.7 Å². The van der Waals surface area contributed by atoms with E-state index >= 15 is 0 Å². The number of hydrogen-bond acceptors (Lipinski definition) is 5. The molecule has 0 heterocycles. The average Bonchev–Trinajstić information content (AvgIpc) is 2.61. The standard InChI is InChI=1S/C19H23N3O4S/c1-13-11-15(21-18(23)7-4-10-20)8-9-17(13)22-19(24)14-5-3-6-16(12-14)27(2,25)26/h3,5-6,8-9,11-12H,4,7,10,20H2,1-2H3,(H,21,23)(H,22,24). The van der Waals surface area contributed by atoms with E-state index < -0.39 is 15.7 Å². The molecule has 2 aromatic rings. The second kappa shape index (κ2) is 8.79. The Kier molecular flexibility index (Phi) is 6.70. The highest BCUT2D eigenvalue weighted by Crippen LogP contribution is 2.21. The van der Waals surface area contributed by atoms with Crippen LogP contribution in [0.15, 0.2) is 47.4 Å². The highest BCUT2D eigenvalue weighted by Gasteiger charge is 2.13. The summed E-state index contributed by atoms with van der Waals surface area (Å²) in [5, 5.41) is 5.54. The lowest BCUT2D eigenvalue weighted by Crippen LogP contribution is -2.15. The Balaban J connectivity index is 2.11. The summed E-state index contributed by atoms with van der Waals surface area (Å²) in [4.78, 5) is 24.3. The number of carbonyl (C=O) groups excluding carboxylic acids is 2. The van der Waals surface area contributed by atoms with Gasteiger partial charge >= 0.3 is 0 Å². The molecule has 0 radical (unpaired) electrons. The fourth-order valence-electron chi connectivity index (χ4n) is 2.43. The maximum absolute atomic E-state index is 12.4. The van der Waals surface area contributed by atoms with Gasteiger partial charge in [-0.15, -0.1) is 0 Å². The first-order valence-electron chi connectivity index (χ1n) is 8.43. The van der Waals surface area contributed by atoms with E-state index in [4.69, 9.17) is 5.73 Å². The number of nitrogens with two attached hydrogens (primary N) is 1. The van der Waals surface area contributed by atoms with E-state index in [1.165, 1.54) is 18.2 Å². The molecule has 0 atom stereocenters. The Hall–Kier alpha value is -2.71. The van der Waals surface area contributed by atoms with Crippen LogP contribution in [0.2, 0.25) is 0 Å². The van der Waals surface area contributed by atoms with Crippen LogP contribution in [-0.2, 0) is 14.6 Å². The Morgan fingerprint density at radius 1 is 1.07 bits per heavy atom. The molecule has 27 heavy (non-hydrogen) atoms. The number of nitrogens with one attached hydrogen (secondary N) is 2. The maximum atomic E-state index is 12.4. The lowest BCUT2D eigenvalue weighted by molar-refractivity contribution is -0.116. The molecule has 2 rings (SSSR count). The number of aryl methyl sites for hydroxylation is 1. The molecule has 0 aliphatic heterocycles. The molecular formula is C19H23N3O4S. The number of hydrogen-bond donors (Lipinski definition) is 3. The molecule has 7 nitrogen and oxygen atoms in total. The van der Waals surface area contributed by atoms with Crippen molar-refractivity contribution in [3.8, 4) is 0 Å². The van der Waals surface area contributed by atoms with Gasteiger partial charge in [-0.2, -0.15) is 0 Å². The molecule has 8 heteroatoms. The number of amides is 2. The Labute approximate surface area is 158 Å². The second-order valence-electron chi connectivity index (χ2n) is 6.22. The van der Waals surface area contributed by atoms with Crippen LogP contribution in [0.5, 0.6) is 0 Å². The van der Waals surface area contributed by atoms with E-state index in [1.54, 1.807) is 31.2 Å². The minimum atomic E-state index is -3.39. The minimum Gasteiger partial charge on any atom is -0.330 e. The lowest BCUT2D eigenvalue weighted by Gasteiger charge is -2.12. The van der Waals surface area contributed by atoms with Gasteiger partial charge in [-0.25, -0.2) is 8.42 Å². The molecular weight excluding hydrogens is 366 g/mol. The number of anilines is 2. The first-order valence-corrected chi connectivity index (χ1v) is 10.3. The van der Waals surface area contributed by atoms with Gasteiger partial charge in [-0.3, -0.25) is 9.59 Å². The quantitative estimate of drug-likeness (QED) is 0.672. The topological polar surface area (TPSA) is 118 Å². The molecule has 0 aromatic heterocycles. The Morgan fingerprint density at radius 3 is 2.44 bits per heavy atom. The van der Waals surface area contributed by atoms with Crippen molar-refractivity contribution in [2.24, 2.45) is 5.73 Å². The molecule has 4 N–H and O–H groups in total. The summed E-state index contributed by atoms with van der Waals surface area (Å²) in [6.07, 6.45) is 2.06. The van der Waals surface area contributed by atoms with Crippen molar-refractivity contribution in [1.82, 2.24) is 0 Å². The average molecular weight is 389 g/mol. The molecule has 144 valence electrons. The van der Waals surface area contributed by atoms with Crippen LogP contribution in [0.3, 0.4) is 0 Å². The van der Waals surface area contributed by atoms with Crippen molar-refractivity contribution in [3.05, 3.63) is 53.6 Å². The first-order chi connectivity index (χ1) is 12.7. The number of rotatable bonds is 7. The molecule has 0 spiro atoms. The highest BCUT2D eigenvalue weighted by atomic mass is 32.2. The van der Waals surface area contributed by atoms with Crippen LogP contribution in [0.1, 0.15) is 28.8 Å². The van der Waals surface area contributed by atoms with Gasteiger partial charge in [0.15, 0.2) is 9.84 Å². The monoisotopic (exact) mass is 389 g/mol. The van der Waals surface area contributed by atoms with E-state index in [1.807, 2.05) is 0 Å². The van der Waals surface area contributed by atoms with Crippen molar-refractivity contribution in [3.63, 3.8) is 0 Å². The fourth-order valence-corrected chi connectivity index (χ4v) is 3.10. The predicted octanol–water partition coefficient (Wildman–Crippen LogP) is 2.33. The SMILES string of the molecule is Cc1cc(NC(=O)CCCN)ccc1NC(=O)c1cccc(S(C)(=O)=O)c1. The zero-order valence-corrected chi connectivity index (χ0v) is 16.1. The Morgan fingerprint density at radius 2 is 1.81 bits per heavy atom. The van der Waals surface area contributed by atoms with E-state index in [2.05, 4.69) is 10.6 Å². The summed E-state index contributed by atoms with van der Waals surface area (Å²) >= 11 is 0. The third kappa shape index (κ3) is 5.90. The van der Waals surface area contributed by atoms with Crippen LogP contribution in [0.25, 0.3) is 0 Å². The molecule has 0 saturated carbocycles. The third-order valence-electron chi connectivity index (χ3n) is 3.89. The normalized spacial score (nSPS) is 11.1. The molecule has 2 amide bonds. The maximum Gasteiger partial charge on any atom is 0.255 e. The largest absolute Gasteiger partial charge is 0.330 e. The Bertz CT molecular complexity index is 955. The van der Waals surface area contributed by atoms with Crippen LogP contribution in [0, 0.1) is 6.92 Å². The van der Waals surface area contributed by atoms with Gasteiger partial charge in [-0.1, -0.05) is 6.07 Å². The van der Waals surface area contributed by atoms with E-state index in [0.29, 0.717) is 30.8 Å². The van der Waals surface area contributed by atoms with Crippen molar-refractivity contribution < 1.29 is 18.0 Å².